The van der Waals surface area contributed by atoms with E-state index in [9.17, 15) is 10.1 Å². The molecule has 2 aromatic rings. The number of hydrogen-bond donors (Lipinski definition) is 2. The third-order valence-electron chi connectivity index (χ3n) is 3.16. The Bertz CT molecular complexity index is 732. The molecular weight excluding hydrogens is 302 g/mol. The normalized spacial score (nSPS) is 18.4. The van der Waals surface area contributed by atoms with Crippen LogP contribution in [-0.4, -0.2) is 5.91 Å². The zero-order chi connectivity index (χ0) is 14.8. The molecule has 0 unspecified atom stereocenters. The van der Waals surface area contributed by atoms with E-state index in [2.05, 4.69) is 17.9 Å². The Labute approximate surface area is 131 Å². The maximum Gasteiger partial charge on any atom is 0.266 e. The van der Waals surface area contributed by atoms with Crippen LogP contribution in [0.5, 0.6) is 0 Å². The second-order valence-electron chi connectivity index (χ2n) is 4.41. The van der Waals surface area contributed by atoms with Crippen LogP contribution in [0, 0.1) is 11.3 Å². The van der Waals surface area contributed by atoms with E-state index in [0.29, 0.717) is 5.03 Å². The van der Waals surface area contributed by atoms with Gasteiger partial charge in [0.15, 0.2) is 0 Å². The summed E-state index contributed by atoms with van der Waals surface area (Å²) in [4.78, 5) is 14.9. The summed E-state index contributed by atoms with van der Waals surface area (Å²) < 4.78 is 0. The van der Waals surface area contributed by atoms with Gasteiger partial charge in [-0.1, -0.05) is 24.3 Å². The van der Waals surface area contributed by atoms with Crippen molar-refractivity contribution < 1.29 is 4.79 Å². The fourth-order valence-electron chi connectivity index (χ4n) is 2.21. The van der Waals surface area contributed by atoms with E-state index in [1.165, 1.54) is 0 Å². The number of carbonyl (C=O) groups is 1. The lowest BCUT2D eigenvalue weighted by Gasteiger charge is -2.37. The van der Waals surface area contributed by atoms with Crippen molar-refractivity contribution in [2.45, 2.75) is 6.17 Å². The lowest BCUT2D eigenvalue weighted by molar-refractivity contribution is -0.118. The number of nitriles is 1. The Balaban J connectivity index is 2.15. The number of rotatable bonds is 2. The zero-order valence-corrected chi connectivity index (χ0v) is 12.6. The number of benzene rings is 1. The average molecular weight is 313 g/mol. The van der Waals surface area contributed by atoms with Gasteiger partial charge >= 0.3 is 0 Å². The minimum absolute atomic E-state index is 0.0231. The SMILES string of the molecule is N#CC1=C(S)N(c2ccccc2)[C@H](c2cccs2)NC1=O. The van der Waals surface area contributed by atoms with Gasteiger partial charge in [0.25, 0.3) is 5.91 Å². The summed E-state index contributed by atoms with van der Waals surface area (Å²) in [5.74, 6) is -0.395. The van der Waals surface area contributed by atoms with Crippen LogP contribution < -0.4 is 10.2 Å². The first-order chi connectivity index (χ1) is 10.2. The topological polar surface area (TPSA) is 56.1 Å². The summed E-state index contributed by atoms with van der Waals surface area (Å²) in [6.07, 6.45) is -0.357. The van der Waals surface area contributed by atoms with Crippen molar-refractivity contribution in [2.24, 2.45) is 0 Å². The number of anilines is 1. The van der Waals surface area contributed by atoms with Crippen LogP contribution in [0.15, 0.2) is 58.4 Å². The number of carbonyl (C=O) groups excluding carboxylic acids is 1. The zero-order valence-electron chi connectivity index (χ0n) is 10.9. The standard InChI is InChI=1S/C15H11N3OS2/c16-9-11-14(19)17-13(12-7-4-8-21-12)18(15(11)20)10-5-2-1-3-6-10/h1-8,13,20H,(H,17,19)/t13-/m1/s1. The molecule has 1 atom stereocenters. The van der Waals surface area contributed by atoms with Gasteiger partial charge in [-0.3, -0.25) is 4.79 Å². The van der Waals surface area contributed by atoms with Gasteiger partial charge in [-0.05, 0) is 23.6 Å². The van der Waals surface area contributed by atoms with Gasteiger partial charge in [-0.15, -0.1) is 24.0 Å². The van der Waals surface area contributed by atoms with Crippen LogP contribution >= 0.6 is 24.0 Å². The highest BCUT2D eigenvalue weighted by Crippen LogP contribution is 2.36. The maximum absolute atomic E-state index is 12.1. The number of hydrogen-bond acceptors (Lipinski definition) is 5. The highest BCUT2D eigenvalue weighted by molar-refractivity contribution is 7.84. The average Bonchev–Trinajstić information content (AvgIpc) is 3.02. The number of nitrogens with one attached hydrogen (secondary N) is 1. The van der Waals surface area contributed by atoms with E-state index in [0.717, 1.165) is 10.6 Å². The Kier molecular flexibility index (Phi) is 3.69. The molecule has 1 amide bonds. The fraction of sp³-hybridized carbons (Fsp3) is 0.0667. The van der Waals surface area contributed by atoms with Gasteiger partial charge < -0.3 is 10.2 Å². The lowest BCUT2D eigenvalue weighted by Crippen LogP contribution is -2.45. The minimum Gasteiger partial charge on any atom is -0.326 e. The molecule has 1 aliphatic rings. The van der Waals surface area contributed by atoms with Gasteiger partial charge in [-0.2, -0.15) is 5.26 Å². The second-order valence-corrected chi connectivity index (χ2v) is 5.81. The molecule has 2 heterocycles. The van der Waals surface area contributed by atoms with Gasteiger partial charge in [-0.25, -0.2) is 0 Å². The van der Waals surface area contributed by atoms with Crippen molar-refractivity contribution in [2.75, 3.05) is 4.90 Å². The van der Waals surface area contributed by atoms with Crippen LogP contribution in [-0.2, 0) is 4.79 Å². The third-order valence-corrected chi connectivity index (χ3v) is 4.53. The summed E-state index contributed by atoms with van der Waals surface area (Å²) in [5.41, 5.74) is 0.892. The van der Waals surface area contributed by atoms with Gasteiger partial charge in [0.2, 0.25) is 0 Å². The smallest absolute Gasteiger partial charge is 0.266 e. The molecule has 0 radical (unpaired) electrons. The molecule has 0 bridgehead atoms. The quantitative estimate of drug-likeness (QED) is 0.838. The number of nitrogens with zero attached hydrogens (tertiary/aromatic N) is 2. The molecule has 1 aromatic heterocycles. The van der Waals surface area contributed by atoms with Gasteiger partial charge in [0.05, 0.1) is 5.03 Å². The maximum atomic E-state index is 12.1. The number of amides is 1. The van der Waals surface area contributed by atoms with Crippen LogP contribution in [0.2, 0.25) is 0 Å². The van der Waals surface area contributed by atoms with Gasteiger partial charge in [0, 0.05) is 10.6 Å². The molecule has 6 heteroatoms. The van der Waals surface area contributed by atoms with E-state index in [1.807, 2.05) is 58.8 Å². The molecular formula is C15H11N3OS2. The molecule has 104 valence electrons. The fourth-order valence-corrected chi connectivity index (χ4v) is 3.36. The largest absolute Gasteiger partial charge is 0.326 e. The Hall–Kier alpha value is -2.23. The molecule has 1 aliphatic heterocycles. The van der Waals surface area contributed by atoms with E-state index in [4.69, 9.17) is 0 Å². The highest BCUT2D eigenvalue weighted by Gasteiger charge is 2.34. The van der Waals surface area contributed by atoms with Crippen LogP contribution in [0.3, 0.4) is 0 Å². The first-order valence-electron chi connectivity index (χ1n) is 6.24. The summed E-state index contributed by atoms with van der Waals surface area (Å²) in [6.45, 7) is 0. The van der Waals surface area contributed by atoms with Crippen LogP contribution in [0.4, 0.5) is 5.69 Å². The number of thiol groups is 1. The summed E-state index contributed by atoms with van der Waals surface area (Å²) in [6, 6.07) is 15.4. The number of para-hydroxylation sites is 1. The molecule has 1 N–H and O–H groups in total. The lowest BCUT2D eigenvalue weighted by atomic mass is 10.1. The first kappa shape index (κ1) is 13.7. The third kappa shape index (κ3) is 2.42. The van der Waals surface area contributed by atoms with Crippen LogP contribution in [0.1, 0.15) is 11.0 Å². The van der Waals surface area contributed by atoms with Crippen LogP contribution in [0.25, 0.3) is 0 Å². The van der Waals surface area contributed by atoms with Crippen molar-refractivity contribution in [1.82, 2.24) is 5.32 Å². The molecule has 0 saturated heterocycles. The highest BCUT2D eigenvalue weighted by atomic mass is 32.1. The molecule has 3 rings (SSSR count). The first-order valence-corrected chi connectivity index (χ1v) is 7.57. The Morgan fingerprint density at radius 2 is 2.00 bits per heavy atom. The summed E-state index contributed by atoms with van der Waals surface area (Å²) >= 11 is 5.96. The molecule has 0 saturated carbocycles. The summed E-state index contributed by atoms with van der Waals surface area (Å²) in [5, 5.41) is 14.4. The summed E-state index contributed by atoms with van der Waals surface area (Å²) in [7, 11) is 0. The van der Waals surface area contributed by atoms with E-state index in [-0.39, 0.29) is 11.7 Å². The molecule has 0 fully saturated rings. The predicted molar refractivity (Wildman–Crippen MR) is 85.7 cm³/mol. The predicted octanol–water partition coefficient (Wildman–Crippen LogP) is 3.05. The Morgan fingerprint density at radius 1 is 1.24 bits per heavy atom. The molecule has 4 nitrogen and oxygen atoms in total. The minimum atomic E-state index is -0.395. The molecule has 1 aromatic carbocycles. The van der Waals surface area contributed by atoms with Gasteiger partial charge in [0.1, 0.15) is 17.8 Å². The second kappa shape index (κ2) is 5.64. The Morgan fingerprint density at radius 3 is 2.62 bits per heavy atom. The van der Waals surface area contributed by atoms with Crippen molar-refractivity contribution >= 4 is 35.6 Å². The molecule has 0 spiro atoms. The molecule has 21 heavy (non-hydrogen) atoms. The van der Waals surface area contributed by atoms with Crippen molar-refractivity contribution in [1.29, 1.82) is 5.26 Å². The van der Waals surface area contributed by atoms with Crippen molar-refractivity contribution in [3.8, 4) is 6.07 Å². The monoisotopic (exact) mass is 313 g/mol. The van der Waals surface area contributed by atoms with Crippen molar-refractivity contribution in [3.05, 3.63) is 63.3 Å². The number of thiophene rings is 1. The molecule has 0 aliphatic carbocycles. The van der Waals surface area contributed by atoms with E-state index < -0.39 is 5.91 Å². The van der Waals surface area contributed by atoms with Crippen molar-refractivity contribution in [3.63, 3.8) is 0 Å². The van der Waals surface area contributed by atoms with E-state index in [1.54, 1.807) is 11.3 Å². The van der Waals surface area contributed by atoms with E-state index >= 15 is 0 Å².